The van der Waals surface area contributed by atoms with E-state index in [0.29, 0.717) is 42.6 Å². The topological polar surface area (TPSA) is 98.6 Å². The van der Waals surface area contributed by atoms with Gasteiger partial charge in [0.1, 0.15) is 11.5 Å². The molecule has 1 atom stereocenters. The van der Waals surface area contributed by atoms with E-state index in [4.69, 9.17) is 9.47 Å². The highest BCUT2D eigenvalue weighted by Crippen LogP contribution is 2.28. The lowest BCUT2D eigenvalue weighted by Crippen LogP contribution is -2.41. The number of likely N-dealkylation sites (tertiary alicyclic amines) is 1. The summed E-state index contributed by atoms with van der Waals surface area (Å²) >= 11 is 0. The van der Waals surface area contributed by atoms with Crippen molar-refractivity contribution in [1.82, 2.24) is 25.2 Å². The van der Waals surface area contributed by atoms with Crippen molar-refractivity contribution in [2.75, 3.05) is 33.9 Å². The van der Waals surface area contributed by atoms with E-state index in [1.165, 1.54) is 0 Å². The number of carbonyl (C=O) groups is 2. The molecule has 0 saturated carbocycles. The highest BCUT2D eigenvalue weighted by Gasteiger charge is 2.28. The number of nitrogens with zero attached hydrogens (tertiary/aromatic N) is 4. The number of methoxy groups -OCH3 is 2. The SMILES string of the molecule is COc1ccc(OC)c(C(=O)N2CCCC(n3cc(C(=O)NCC(C)C)nn3)C2)c1. The van der Waals surface area contributed by atoms with Gasteiger partial charge in [-0.3, -0.25) is 9.59 Å². The molecule has 1 N–H and O–H groups in total. The Morgan fingerprint density at radius 2 is 2.07 bits per heavy atom. The monoisotopic (exact) mass is 415 g/mol. The average molecular weight is 415 g/mol. The summed E-state index contributed by atoms with van der Waals surface area (Å²) < 4.78 is 12.3. The van der Waals surface area contributed by atoms with E-state index in [0.717, 1.165) is 12.8 Å². The van der Waals surface area contributed by atoms with Gasteiger partial charge in [0.25, 0.3) is 11.8 Å². The number of aromatic nitrogens is 3. The first-order valence-electron chi connectivity index (χ1n) is 10.1. The van der Waals surface area contributed by atoms with Crippen molar-refractivity contribution in [3.8, 4) is 11.5 Å². The van der Waals surface area contributed by atoms with Gasteiger partial charge in [-0.25, -0.2) is 4.68 Å². The molecule has 162 valence electrons. The summed E-state index contributed by atoms with van der Waals surface area (Å²) in [5, 5.41) is 11.0. The number of benzene rings is 1. The normalized spacial score (nSPS) is 16.4. The number of carbonyl (C=O) groups excluding carboxylic acids is 2. The van der Waals surface area contributed by atoms with Gasteiger partial charge in [-0.2, -0.15) is 0 Å². The molecular formula is C21H29N5O4. The van der Waals surface area contributed by atoms with Gasteiger partial charge in [-0.1, -0.05) is 19.1 Å². The summed E-state index contributed by atoms with van der Waals surface area (Å²) in [4.78, 5) is 27.2. The zero-order chi connectivity index (χ0) is 21.7. The van der Waals surface area contributed by atoms with Crippen molar-refractivity contribution in [2.45, 2.75) is 32.7 Å². The Balaban J connectivity index is 1.72. The van der Waals surface area contributed by atoms with Crippen molar-refractivity contribution in [2.24, 2.45) is 5.92 Å². The van der Waals surface area contributed by atoms with Gasteiger partial charge >= 0.3 is 0 Å². The van der Waals surface area contributed by atoms with Gasteiger partial charge in [0, 0.05) is 19.6 Å². The van der Waals surface area contributed by atoms with E-state index in [9.17, 15) is 9.59 Å². The molecule has 3 rings (SSSR count). The fourth-order valence-electron chi connectivity index (χ4n) is 3.45. The average Bonchev–Trinajstić information content (AvgIpc) is 3.27. The number of ether oxygens (including phenoxy) is 2. The molecule has 1 unspecified atom stereocenters. The van der Waals surface area contributed by atoms with E-state index in [2.05, 4.69) is 15.6 Å². The largest absolute Gasteiger partial charge is 0.497 e. The maximum absolute atomic E-state index is 13.2. The first kappa shape index (κ1) is 21.6. The quantitative estimate of drug-likeness (QED) is 0.744. The van der Waals surface area contributed by atoms with Crippen LogP contribution in [0.4, 0.5) is 0 Å². The predicted octanol–water partition coefficient (Wildman–Crippen LogP) is 2.16. The fraction of sp³-hybridized carbons (Fsp3) is 0.524. The van der Waals surface area contributed by atoms with Crippen LogP contribution in [0, 0.1) is 5.92 Å². The predicted molar refractivity (Wildman–Crippen MR) is 111 cm³/mol. The number of hydrogen-bond donors (Lipinski definition) is 1. The van der Waals surface area contributed by atoms with Crippen LogP contribution in [0.5, 0.6) is 11.5 Å². The van der Waals surface area contributed by atoms with E-state index in [1.807, 2.05) is 13.8 Å². The Bertz CT molecular complexity index is 895. The minimum Gasteiger partial charge on any atom is -0.497 e. The molecule has 9 nitrogen and oxygen atoms in total. The molecule has 0 spiro atoms. The highest BCUT2D eigenvalue weighted by atomic mass is 16.5. The zero-order valence-electron chi connectivity index (χ0n) is 17.9. The summed E-state index contributed by atoms with van der Waals surface area (Å²) in [5.41, 5.74) is 0.749. The van der Waals surface area contributed by atoms with E-state index >= 15 is 0 Å². The van der Waals surface area contributed by atoms with Crippen LogP contribution in [-0.4, -0.2) is 65.6 Å². The first-order chi connectivity index (χ1) is 14.4. The second kappa shape index (κ2) is 9.60. The van der Waals surface area contributed by atoms with Crippen molar-refractivity contribution < 1.29 is 19.1 Å². The number of nitrogens with one attached hydrogen (secondary N) is 1. The van der Waals surface area contributed by atoms with Crippen molar-refractivity contribution in [3.05, 3.63) is 35.7 Å². The third-order valence-electron chi connectivity index (χ3n) is 5.11. The molecule has 2 heterocycles. The van der Waals surface area contributed by atoms with Gasteiger partial charge in [0.15, 0.2) is 5.69 Å². The van der Waals surface area contributed by atoms with Gasteiger partial charge in [-0.05, 0) is 37.0 Å². The number of amides is 2. The molecule has 2 amide bonds. The molecule has 0 aliphatic carbocycles. The second-order valence-electron chi connectivity index (χ2n) is 7.80. The number of piperidine rings is 1. The zero-order valence-corrected chi connectivity index (χ0v) is 17.9. The molecule has 1 aromatic heterocycles. The van der Waals surface area contributed by atoms with Crippen LogP contribution in [-0.2, 0) is 0 Å². The van der Waals surface area contributed by atoms with Crippen LogP contribution >= 0.6 is 0 Å². The number of rotatable bonds is 7. The standard InChI is InChI=1S/C21H29N5O4/c1-14(2)11-22-20(27)18-13-26(24-23-18)15-6-5-9-25(12-15)21(28)17-10-16(29-3)7-8-19(17)30-4/h7-8,10,13-15H,5-6,9,11-12H2,1-4H3,(H,22,27). The minimum atomic E-state index is -0.236. The van der Waals surface area contributed by atoms with E-state index < -0.39 is 0 Å². The Labute approximate surface area is 176 Å². The fourth-order valence-corrected chi connectivity index (χ4v) is 3.45. The molecule has 1 aliphatic heterocycles. The van der Waals surface area contributed by atoms with Gasteiger partial charge in [-0.15, -0.1) is 5.10 Å². The Morgan fingerprint density at radius 1 is 1.27 bits per heavy atom. The summed E-state index contributed by atoms with van der Waals surface area (Å²) in [5.74, 6) is 1.11. The molecule has 9 heteroatoms. The van der Waals surface area contributed by atoms with E-state index in [1.54, 1.807) is 48.2 Å². The van der Waals surface area contributed by atoms with E-state index in [-0.39, 0.29) is 23.6 Å². The van der Waals surface area contributed by atoms with Crippen molar-refractivity contribution >= 4 is 11.8 Å². The molecule has 1 fully saturated rings. The summed E-state index contributed by atoms with van der Waals surface area (Å²) in [6.45, 7) is 5.77. The Kier molecular flexibility index (Phi) is 6.91. The summed E-state index contributed by atoms with van der Waals surface area (Å²) in [6, 6.07) is 5.14. The van der Waals surface area contributed by atoms with Crippen LogP contribution < -0.4 is 14.8 Å². The Morgan fingerprint density at radius 3 is 2.77 bits per heavy atom. The summed E-state index contributed by atoms with van der Waals surface area (Å²) in [6.07, 6.45) is 3.34. The smallest absolute Gasteiger partial charge is 0.273 e. The molecule has 2 aromatic rings. The van der Waals surface area contributed by atoms with Crippen molar-refractivity contribution in [3.63, 3.8) is 0 Å². The third-order valence-corrected chi connectivity index (χ3v) is 5.11. The lowest BCUT2D eigenvalue weighted by molar-refractivity contribution is 0.0667. The van der Waals surface area contributed by atoms with Crippen LogP contribution in [0.2, 0.25) is 0 Å². The molecule has 30 heavy (non-hydrogen) atoms. The molecule has 0 bridgehead atoms. The van der Waals surface area contributed by atoms with Gasteiger partial charge in [0.2, 0.25) is 0 Å². The number of hydrogen-bond acceptors (Lipinski definition) is 6. The lowest BCUT2D eigenvalue weighted by Gasteiger charge is -2.33. The van der Waals surface area contributed by atoms with Crippen LogP contribution in [0.3, 0.4) is 0 Å². The van der Waals surface area contributed by atoms with Gasteiger partial charge in [0.05, 0.1) is 32.0 Å². The molecular weight excluding hydrogens is 386 g/mol. The Hall–Kier alpha value is -3.10. The van der Waals surface area contributed by atoms with Crippen LogP contribution in [0.1, 0.15) is 53.6 Å². The lowest BCUT2D eigenvalue weighted by atomic mass is 10.0. The molecule has 1 saturated heterocycles. The molecule has 1 aliphatic rings. The molecule has 0 radical (unpaired) electrons. The van der Waals surface area contributed by atoms with Crippen LogP contribution in [0.25, 0.3) is 0 Å². The van der Waals surface area contributed by atoms with Gasteiger partial charge < -0.3 is 19.7 Å². The highest BCUT2D eigenvalue weighted by molar-refractivity contribution is 5.97. The maximum atomic E-state index is 13.2. The molecule has 1 aromatic carbocycles. The summed E-state index contributed by atoms with van der Waals surface area (Å²) in [7, 11) is 3.10. The second-order valence-corrected chi connectivity index (χ2v) is 7.80. The van der Waals surface area contributed by atoms with Crippen molar-refractivity contribution in [1.29, 1.82) is 0 Å². The first-order valence-corrected chi connectivity index (χ1v) is 10.1. The minimum absolute atomic E-state index is 0.0431. The third kappa shape index (κ3) is 4.90. The maximum Gasteiger partial charge on any atom is 0.273 e. The van der Waals surface area contributed by atoms with Crippen LogP contribution in [0.15, 0.2) is 24.4 Å².